The second-order valence-electron chi connectivity index (χ2n) is 9.95. The van der Waals surface area contributed by atoms with Gasteiger partial charge in [0.05, 0.1) is 34.1 Å². The van der Waals surface area contributed by atoms with Gasteiger partial charge >= 0.3 is 58.9 Å². The van der Waals surface area contributed by atoms with E-state index < -0.39 is 99.1 Å². The van der Waals surface area contributed by atoms with Crippen molar-refractivity contribution in [2.45, 2.75) is 65.7 Å². The van der Waals surface area contributed by atoms with Crippen LogP contribution in [0.3, 0.4) is 0 Å². The number of hydrogen-bond acceptors (Lipinski definition) is 3. The first-order chi connectivity index (χ1) is 18.8. The molecule has 26 heteroatoms. The average molecular weight is 721 g/mol. The van der Waals surface area contributed by atoms with Gasteiger partial charge in [-0.3, -0.25) is 4.79 Å². The first-order valence-electron chi connectivity index (χ1n) is 10.9. The number of carbonyl (C=O) groups is 1. The van der Waals surface area contributed by atoms with Gasteiger partial charge in [-0.15, -0.1) is 0 Å². The van der Waals surface area contributed by atoms with Gasteiger partial charge in [0.2, 0.25) is 0 Å². The predicted molar refractivity (Wildman–Crippen MR) is 106 cm³/mol. The van der Waals surface area contributed by atoms with E-state index in [0.717, 1.165) is 0 Å². The van der Waals surface area contributed by atoms with Crippen LogP contribution in [0.15, 0.2) is 0 Å². The minimum atomic E-state index is -9.20. The van der Waals surface area contributed by atoms with E-state index in [1.54, 1.807) is 0 Å². The lowest BCUT2D eigenvalue weighted by molar-refractivity contribution is -0.870. The van der Waals surface area contributed by atoms with Crippen LogP contribution in [-0.4, -0.2) is 122 Å². The SMILES string of the molecule is C[N+](C)(C)CCCN(CCC(=O)O)S(=O)(=O)C(F)(F)C(F)(F)C(F)(F)C(F)(F)C(F)(F)C(F)(F)C(F)(F)C(F)(F)C(F)(F)F. The molecular formula is C18H20F19N2O4S+. The van der Waals surface area contributed by atoms with Crippen LogP contribution in [0.2, 0.25) is 0 Å². The van der Waals surface area contributed by atoms with Gasteiger partial charge in [0.1, 0.15) is 0 Å². The molecule has 0 heterocycles. The Kier molecular flexibility index (Phi) is 11.1. The zero-order chi connectivity index (χ0) is 36.2. The largest absolute Gasteiger partial charge is 0.481 e. The van der Waals surface area contributed by atoms with Gasteiger partial charge in [0.15, 0.2) is 0 Å². The van der Waals surface area contributed by atoms with E-state index in [9.17, 15) is 96.6 Å². The van der Waals surface area contributed by atoms with Crippen molar-refractivity contribution < 1.29 is 106 Å². The number of nitrogens with zero attached hydrogens (tertiary/aromatic N) is 2. The minimum Gasteiger partial charge on any atom is -0.481 e. The maximum absolute atomic E-state index is 14.5. The normalized spacial score (nSPS) is 16.1. The van der Waals surface area contributed by atoms with E-state index >= 15 is 0 Å². The standard InChI is InChI=1S/C18H19F19N2O4S/c1-39(2,3)8-4-6-38(7-5-9(40)41)44(42,43)18(36,37)16(31,32)14(27,28)12(23,24)10(19,20)11(21,22)13(25,26)15(29,30)17(33,34)35/h4-8H2,1-3H3/p+1. The highest BCUT2D eigenvalue weighted by Gasteiger charge is 2.97. The van der Waals surface area contributed by atoms with Crippen LogP contribution in [0.5, 0.6) is 0 Å². The van der Waals surface area contributed by atoms with E-state index in [1.165, 1.54) is 21.1 Å². The summed E-state index contributed by atoms with van der Waals surface area (Å²) in [4.78, 5) is 10.7. The molecule has 0 aromatic rings. The first-order valence-corrected chi connectivity index (χ1v) is 12.3. The Labute approximate surface area is 234 Å². The number of carboxylic acid groups (broad SMARTS) is 1. The van der Waals surface area contributed by atoms with Crippen molar-refractivity contribution in [1.29, 1.82) is 0 Å². The summed E-state index contributed by atoms with van der Waals surface area (Å²) < 4.78 is 280. The molecular weight excluding hydrogens is 701 g/mol. The summed E-state index contributed by atoms with van der Waals surface area (Å²) in [6.07, 6.45) is -10.3. The molecule has 0 fully saturated rings. The van der Waals surface area contributed by atoms with Gasteiger partial charge < -0.3 is 9.59 Å². The molecule has 6 nitrogen and oxygen atoms in total. The van der Waals surface area contributed by atoms with Crippen molar-refractivity contribution in [1.82, 2.24) is 4.31 Å². The maximum atomic E-state index is 14.5. The summed E-state index contributed by atoms with van der Waals surface area (Å²) in [6.45, 7) is -3.62. The van der Waals surface area contributed by atoms with Crippen molar-refractivity contribution in [3.63, 3.8) is 0 Å². The zero-order valence-electron chi connectivity index (χ0n) is 21.7. The number of hydrogen-bond donors (Lipinski definition) is 1. The molecule has 0 spiro atoms. The van der Waals surface area contributed by atoms with Crippen LogP contribution in [0.1, 0.15) is 12.8 Å². The van der Waals surface area contributed by atoms with Crippen molar-refractivity contribution in [2.24, 2.45) is 0 Å². The Morgan fingerprint density at radius 3 is 1.20 bits per heavy atom. The van der Waals surface area contributed by atoms with Crippen molar-refractivity contribution in [2.75, 3.05) is 40.8 Å². The lowest BCUT2D eigenvalue weighted by Gasteiger charge is -2.44. The summed E-state index contributed by atoms with van der Waals surface area (Å²) in [5.41, 5.74) is 0. The average Bonchev–Trinajstić information content (AvgIpc) is 2.78. The number of sulfonamides is 1. The number of aliphatic carboxylic acids is 1. The number of alkyl halides is 19. The number of quaternary nitrogens is 1. The molecule has 0 aliphatic rings. The third-order valence-electron chi connectivity index (χ3n) is 5.56. The highest BCUT2D eigenvalue weighted by molar-refractivity contribution is 7.90. The topological polar surface area (TPSA) is 74.7 Å². The molecule has 0 amide bonds. The Balaban J connectivity index is 7.15. The maximum Gasteiger partial charge on any atom is 0.460 e. The van der Waals surface area contributed by atoms with Crippen LogP contribution in [0.25, 0.3) is 0 Å². The molecule has 0 aliphatic carbocycles. The van der Waals surface area contributed by atoms with E-state index in [0.29, 0.717) is 0 Å². The summed E-state index contributed by atoms with van der Waals surface area (Å²) in [5, 5.41) is 0.760. The molecule has 1 N–H and O–H groups in total. The first kappa shape index (κ1) is 42.0. The molecule has 0 radical (unpaired) electrons. The van der Waals surface area contributed by atoms with Crippen LogP contribution < -0.4 is 0 Å². The van der Waals surface area contributed by atoms with E-state index in [4.69, 9.17) is 5.11 Å². The predicted octanol–water partition coefficient (Wildman–Crippen LogP) is 5.79. The van der Waals surface area contributed by atoms with Gasteiger partial charge in [-0.05, 0) is 0 Å². The Bertz CT molecular complexity index is 1150. The summed E-state index contributed by atoms with van der Waals surface area (Å²) in [6, 6.07) is 0. The van der Waals surface area contributed by atoms with Gasteiger partial charge in [-0.25, -0.2) is 8.42 Å². The van der Waals surface area contributed by atoms with Gasteiger partial charge in [-0.1, -0.05) is 0 Å². The highest BCUT2D eigenvalue weighted by atomic mass is 32.2. The second-order valence-corrected chi connectivity index (χ2v) is 11.9. The molecule has 0 saturated carbocycles. The van der Waals surface area contributed by atoms with E-state index in [1.807, 2.05) is 0 Å². The fraction of sp³-hybridized carbons (Fsp3) is 0.944. The molecule has 0 aromatic carbocycles. The fourth-order valence-corrected chi connectivity index (χ4v) is 4.44. The van der Waals surface area contributed by atoms with Crippen LogP contribution in [-0.2, 0) is 14.8 Å². The minimum absolute atomic E-state index is 0.176. The van der Waals surface area contributed by atoms with Crippen molar-refractivity contribution >= 4 is 16.0 Å². The molecule has 0 unspecified atom stereocenters. The molecule has 0 rings (SSSR count). The third-order valence-corrected chi connectivity index (χ3v) is 7.51. The van der Waals surface area contributed by atoms with Crippen LogP contribution in [0, 0.1) is 0 Å². The molecule has 0 bridgehead atoms. The molecule has 0 atom stereocenters. The third kappa shape index (κ3) is 6.47. The van der Waals surface area contributed by atoms with E-state index in [-0.39, 0.29) is 11.0 Å². The molecule has 0 aliphatic heterocycles. The monoisotopic (exact) mass is 721 g/mol. The fourth-order valence-electron chi connectivity index (χ4n) is 2.96. The summed E-state index contributed by atoms with van der Waals surface area (Å²) >= 11 is 0. The van der Waals surface area contributed by atoms with E-state index in [2.05, 4.69) is 0 Å². The van der Waals surface area contributed by atoms with Gasteiger partial charge in [0, 0.05) is 19.5 Å². The Morgan fingerprint density at radius 1 is 0.591 bits per heavy atom. The van der Waals surface area contributed by atoms with Crippen LogP contribution >= 0.6 is 0 Å². The number of halogens is 19. The molecule has 264 valence electrons. The number of rotatable bonds is 16. The quantitative estimate of drug-likeness (QED) is 0.162. The lowest BCUT2D eigenvalue weighted by Crippen LogP contribution is -2.76. The zero-order valence-corrected chi connectivity index (χ0v) is 22.5. The highest BCUT2D eigenvalue weighted by Crippen LogP contribution is 2.65. The summed E-state index contributed by atoms with van der Waals surface area (Å²) in [7, 11) is -3.63. The molecule has 0 saturated heterocycles. The van der Waals surface area contributed by atoms with Crippen molar-refractivity contribution in [3.8, 4) is 0 Å². The second kappa shape index (κ2) is 11.7. The Morgan fingerprint density at radius 2 is 0.909 bits per heavy atom. The smallest absolute Gasteiger partial charge is 0.460 e. The van der Waals surface area contributed by atoms with Gasteiger partial charge in [-0.2, -0.15) is 87.7 Å². The lowest BCUT2D eigenvalue weighted by atomic mass is 9.89. The molecule has 44 heavy (non-hydrogen) atoms. The van der Waals surface area contributed by atoms with Crippen molar-refractivity contribution in [3.05, 3.63) is 0 Å². The van der Waals surface area contributed by atoms with Crippen LogP contribution in [0.4, 0.5) is 83.4 Å². The number of carboxylic acids is 1. The Hall–Kier alpha value is -1.99. The van der Waals surface area contributed by atoms with Gasteiger partial charge in [0.25, 0.3) is 10.0 Å². The molecule has 0 aromatic heterocycles. The summed E-state index contributed by atoms with van der Waals surface area (Å²) in [5.74, 6) is -64.5.